The third-order valence-electron chi connectivity index (χ3n) is 2.55. The van der Waals surface area contributed by atoms with Crippen LogP contribution in [0.2, 0.25) is 0 Å². The van der Waals surface area contributed by atoms with Crippen molar-refractivity contribution in [3.8, 4) is 0 Å². The molecular formula is C10H14FN3S. The number of nitrogens with zero attached hydrogens (tertiary/aromatic N) is 2. The highest BCUT2D eigenvalue weighted by atomic mass is 32.2. The van der Waals surface area contributed by atoms with Crippen LogP contribution in [0.5, 0.6) is 0 Å². The van der Waals surface area contributed by atoms with E-state index in [2.05, 4.69) is 15.3 Å². The van der Waals surface area contributed by atoms with Crippen molar-refractivity contribution in [2.75, 3.05) is 23.4 Å². The lowest BCUT2D eigenvalue weighted by Gasteiger charge is -2.11. The Balaban J connectivity index is 1.95. The molecule has 1 saturated heterocycles. The number of halogens is 1. The molecule has 0 bridgehead atoms. The minimum atomic E-state index is -0.330. The van der Waals surface area contributed by atoms with Gasteiger partial charge in [0.2, 0.25) is 0 Å². The average Bonchev–Trinajstić information content (AvgIpc) is 2.73. The molecule has 5 heteroatoms. The van der Waals surface area contributed by atoms with Gasteiger partial charge >= 0.3 is 0 Å². The van der Waals surface area contributed by atoms with E-state index < -0.39 is 0 Å². The minimum Gasteiger partial charge on any atom is -0.367 e. The molecule has 2 rings (SSSR count). The molecule has 1 aliphatic rings. The van der Waals surface area contributed by atoms with Crippen molar-refractivity contribution in [1.82, 2.24) is 9.97 Å². The molecule has 0 aromatic carbocycles. The van der Waals surface area contributed by atoms with Gasteiger partial charge in [0.25, 0.3) is 0 Å². The van der Waals surface area contributed by atoms with Crippen LogP contribution in [0.4, 0.5) is 10.2 Å². The van der Waals surface area contributed by atoms with Crippen LogP contribution in [0.3, 0.4) is 0 Å². The molecule has 1 aromatic rings. The standard InChI is InChI=1S/C10H14FN3S/c1-7-9(11)10(14-6-13-7)12-4-8-2-3-15-5-8/h6,8H,2-5H2,1H3,(H,12,13,14). The zero-order chi connectivity index (χ0) is 10.7. The van der Waals surface area contributed by atoms with Gasteiger partial charge in [0.05, 0.1) is 5.69 Å². The Hall–Kier alpha value is -0.840. The van der Waals surface area contributed by atoms with E-state index in [0.29, 0.717) is 17.4 Å². The molecule has 0 radical (unpaired) electrons. The van der Waals surface area contributed by atoms with Crippen LogP contribution in [-0.4, -0.2) is 28.0 Å². The first-order valence-electron chi connectivity index (χ1n) is 5.06. The molecule has 0 aliphatic carbocycles. The van der Waals surface area contributed by atoms with E-state index in [9.17, 15) is 4.39 Å². The summed E-state index contributed by atoms with van der Waals surface area (Å²) in [7, 11) is 0. The van der Waals surface area contributed by atoms with Crippen molar-refractivity contribution in [3.63, 3.8) is 0 Å². The molecule has 1 aliphatic heterocycles. The zero-order valence-electron chi connectivity index (χ0n) is 8.66. The molecule has 3 nitrogen and oxygen atoms in total. The Bertz CT molecular complexity index is 339. The van der Waals surface area contributed by atoms with Crippen molar-refractivity contribution in [3.05, 3.63) is 17.8 Å². The number of nitrogens with one attached hydrogen (secondary N) is 1. The zero-order valence-corrected chi connectivity index (χ0v) is 9.48. The minimum absolute atomic E-state index is 0.330. The van der Waals surface area contributed by atoms with Gasteiger partial charge in [-0.25, -0.2) is 14.4 Å². The SMILES string of the molecule is Cc1ncnc(NCC2CCSC2)c1F. The van der Waals surface area contributed by atoms with Crippen LogP contribution in [0.1, 0.15) is 12.1 Å². The summed E-state index contributed by atoms with van der Waals surface area (Å²) in [5, 5.41) is 3.06. The largest absolute Gasteiger partial charge is 0.367 e. The maximum absolute atomic E-state index is 13.5. The van der Waals surface area contributed by atoms with E-state index in [-0.39, 0.29) is 5.82 Å². The van der Waals surface area contributed by atoms with Crippen LogP contribution in [0.15, 0.2) is 6.33 Å². The Kier molecular flexibility index (Phi) is 3.41. The third kappa shape index (κ3) is 2.59. The lowest BCUT2D eigenvalue weighted by molar-refractivity contribution is 0.592. The Morgan fingerprint density at radius 2 is 2.47 bits per heavy atom. The highest BCUT2D eigenvalue weighted by Crippen LogP contribution is 2.23. The molecule has 1 fully saturated rings. The summed E-state index contributed by atoms with van der Waals surface area (Å²) in [6.45, 7) is 2.45. The van der Waals surface area contributed by atoms with Gasteiger partial charge in [-0.2, -0.15) is 11.8 Å². The van der Waals surface area contributed by atoms with E-state index in [1.54, 1.807) is 6.92 Å². The van der Waals surface area contributed by atoms with Crippen LogP contribution < -0.4 is 5.32 Å². The van der Waals surface area contributed by atoms with Gasteiger partial charge in [0.15, 0.2) is 11.6 Å². The first-order chi connectivity index (χ1) is 7.27. The molecule has 0 amide bonds. The first-order valence-corrected chi connectivity index (χ1v) is 6.21. The second-order valence-electron chi connectivity index (χ2n) is 3.73. The maximum atomic E-state index is 13.5. The van der Waals surface area contributed by atoms with E-state index in [1.807, 2.05) is 11.8 Å². The van der Waals surface area contributed by atoms with E-state index >= 15 is 0 Å². The first kappa shape index (κ1) is 10.7. The molecule has 15 heavy (non-hydrogen) atoms. The summed E-state index contributed by atoms with van der Waals surface area (Å²) in [5.74, 6) is 3.03. The summed E-state index contributed by atoms with van der Waals surface area (Å²) >= 11 is 1.96. The fourth-order valence-electron chi connectivity index (χ4n) is 1.57. The normalized spacial score (nSPS) is 20.5. The highest BCUT2D eigenvalue weighted by molar-refractivity contribution is 7.99. The summed E-state index contributed by atoms with van der Waals surface area (Å²) in [4.78, 5) is 7.68. The number of thioether (sulfide) groups is 1. The smallest absolute Gasteiger partial charge is 0.186 e. The van der Waals surface area contributed by atoms with E-state index in [1.165, 1.54) is 24.3 Å². The summed E-state index contributed by atoms with van der Waals surface area (Å²) in [5.41, 5.74) is 0.397. The quantitative estimate of drug-likeness (QED) is 0.858. The van der Waals surface area contributed by atoms with Crippen LogP contribution in [0, 0.1) is 18.7 Å². The number of anilines is 1. The van der Waals surface area contributed by atoms with Gasteiger partial charge in [-0.1, -0.05) is 0 Å². The van der Waals surface area contributed by atoms with Crippen molar-refractivity contribution < 1.29 is 4.39 Å². The van der Waals surface area contributed by atoms with Crippen molar-refractivity contribution >= 4 is 17.6 Å². The van der Waals surface area contributed by atoms with Gasteiger partial charge in [-0.3, -0.25) is 0 Å². The maximum Gasteiger partial charge on any atom is 0.186 e. The van der Waals surface area contributed by atoms with Gasteiger partial charge in [0, 0.05) is 6.54 Å². The lowest BCUT2D eigenvalue weighted by atomic mass is 10.1. The predicted octanol–water partition coefficient (Wildman–Crippen LogP) is 2.09. The number of hydrogen-bond acceptors (Lipinski definition) is 4. The van der Waals surface area contributed by atoms with E-state index in [4.69, 9.17) is 0 Å². The second kappa shape index (κ2) is 4.79. The number of hydrogen-bond donors (Lipinski definition) is 1. The molecule has 2 heterocycles. The summed E-state index contributed by atoms with van der Waals surface area (Å²) < 4.78 is 13.5. The average molecular weight is 227 g/mol. The Labute approximate surface area is 92.9 Å². The van der Waals surface area contributed by atoms with Gasteiger partial charge in [-0.05, 0) is 30.8 Å². The van der Waals surface area contributed by atoms with Crippen molar-refractivity contribution in [2.24, 2.45) is 5.92 Å². The molecule has 1 unspecified atom stereocenters. The molecule has 1 N–H and O–H groups in total. The fourth-order valence-corrected chi connectivity index (χ4v) is 2.85. The lowest BCUT2D eigenvalue weighted by Crippen LogP contribution is -2.15. The summed E-state index contributed by atoms with van der Waals surface area (Å²) in [6, 6.07) is 0. The highest BCUT2D eigenvalue weighted by Gasteiger charge is 2.16. The Morgan fingerprint density at radius 3 is 3.20 bits per heavy atom. The van der Waals surface area contributed by atoms with Gasteiger partial charge in [0.1, 0.15) is 6.33 Å². The number of rotatable bonds is 3. The van der Waals surface area contributed by atoms with Crippen LogP contribution in [-0.2, 0) is 0 Å². The number of aromatic nitrogens is 2. The van der Waals surface area contributed by atoms with Crippen molar-refractivity contribution in [2.45, 2.75) is 13.3 Å². The van der Waals surface area contributed by atoms with Crippen molar-refractivity contribution in [1.29, 1.82) is 0 Å². The fraction of sp³-hybridized carbons (Fsp3) is 0.600. The third-order valence-corrected chi connectivity index (χ3v) is 3.78. The molecule has 0 spiro atoms. The van der Waals surface area contributed by atoms with Gasteiger partial charge < -0.3 is 5.32 Å². The molecule has 1 aromatic heterocycles. The number of aryl methyl sites for hydroxylation is 1. The molecule has 1 atom stereocenters. The molecular weight excluding hydrogens is 213 g/mol. The topological polar surface area (TPSA) is 37.8 Å². The second-order valence-corrected chi connectivity index (χ2v) is 4.88. The summed E-state index contributed by atoms with van der Waals surface area (Å²) in [6.07, 6.45) is 2.60. The monoisotopic (exact) mass is 227 g/mol. The molecule has 0 saturated carbocycles. The van der Waals surface area contributed by atoms with Crippen LogP contribution >= 0.6 is 11.8 Å². The molecule has 82 valence electrons. The van der Waals surface area contributed by atoms with E-state index in [0.717, 1.165) is 6.54 Å². The Morgan fingerprint density at radius 1 is 1.60 bits per heavy atom. The predicted molar refractivity (Wildman–Crippen MR) is 60.6 cm³/mol. The van der Waals surface area contributed by atoms with Gasteiger partial charge in [-0.15, -0.1) is 0 Å². The van der Waals surface area contributed by atoms with Crippen LogP contribution in [0.25, 0.3) is 0 Å².